The Morgan fingerprint density at radius 1 is 1.38 bits per heavy atom. The summed E-state index contributed by atoms with van der Waals surface area (Å²) in [6, 6.07) is 0. The molecule has 0 aromatic rings. The maximum Gasteiger partial charge on any atom is 0.276 e. The summed E-state index contributed by atoms with van der Waals surface area (Å²) in [5.41, 5.74) is 15.1. The van der Waals surface area contributed by atoms with E-state index in [1.807, 2.05) is 0 Å². The summed E-state index contributed by atoms with van der Waals surface area (Å²) in [6.07, 6.45) is -1.27. The SMILES string of the molecule is NCC(C(=O)CC(N)N)S(=O)(=O)O. The molecule has 0 aromatic carbocycles. The molecule has 1 atom stereocenters. The molecule has 0 spiro atoms. The van der Waals surface area contributed by atoms with Gasteiger partial charge in [-0.2, -0.15) is 8.42 Å². The fourth-order valence-electron chi connectivity index (χ4n) is 0.783. The van der Waals surface area contributed by atoms with E-state index in [0.717, 1.165) is 0 Å². The molecule has 0 radical (unpaired) electrons. The van der Waals surface area contributed by atoms with E-state index in [4.69, 9.17) is 21.8 Å². The third kappa shape index (κ3) is 4.29. The molecule has 0 fully saturated rings. The van der Waals surface area contributed by atoms with Gasteiger partial charge in [-0.15, -0.1) is 0 Å². The van der Waals surface area contributed by atoms with E-state index in [0.29, 0.717) is 0 Å². The van der Waals surface area contributed by atoms with Crippen LogP contribution in [0.5, 0.6) is 0 Å². The highest BCUT2D eigenvalue weighted by atomic mass is 32.2. The summed E-state index contributed by atoms with van der Waals surface area (Å²) in [7, 11) is -4.45. The largest absolute Gasteiger partial charge is 0.329 e. The van der Waals surface area contributed by atoms with Crippen molar-refractivity contribution in [1.82, 2.24) is 0 Å². The topological polar surface area (TPSA) is 149 Å². The fraction of sp³-hybridized carbons (Fsp3) is 0.800. The molecule has 7 N–H and O–H groups in total. The van der Waals surface area contributed by atoms with E-state index in [1.54, 1.807) is 0 Å². The highest BCUT2D eigenvalue weighted by Gasteiger charge is 2.29. The molecule has 13 heavy (non-hydrogen) atoms. The van der Waals surface area contributed by atoms with Gasteiger partial charge in [0.2, 0.25) is 0 Å². The second-order valence-corrected chi connectivity index (χ2v) is 4.17. The van der Waals surface area contributed by atoms with Gasteiger partial charge in [0, 0.05) is 13.0 Å². The van der Waals surface area contributed by atoms with Gasteiger partial charge in [-0.05, 0) is 0 Å². The Morgan fingerprint density at radius 3 is 2.08 bits per heavy atom. The van der Waals surface area contributed by atoms with Crippen LogP contribution in [0.3, 0.4) is 0 Å². The van der Waals surface area contributed by atoms with Crippen molar-refractivity contribution >= 4 is 15.9 Å². The van der Waals surface area contributed by atoms with Crippen molar-refractivity contribution in [3.63, 3.8) is 0 Å². The predicted molar refractivity (Wildman–Crippen MR) is 46.2 cm³/mol. The van der Waals surface area contributed by atoms with Crippen LogP contribution >= 0.6 is 0 Å². The van der Waals surface area contributed by atoms with Gasteiger partial charge < -0.3 is 17.2 Å². The Bertz CT molecular complexity index is 274. The summed E-state index contributed by atoms with van der Waals surface area (Å²) >= 11 is 0. The van der Waals surface area contributed by atoms with E-state index in [9.17, 15) is 13.2 Å². The summed E-state index contributed by atoms with van der Waals surface area (Å²) in [6.45, 7) is -0.482. The highest BCUT2D eigenvalue weighted by molar-refractivity contribution is 7.87. The van der Waals surface area contributed by atoms with Crippen molar-refractivity contribution in [3.8, 4) is 0 Å². The fourth-order valence-corrected chi connectivity index (χ4v) is 1.45. The Labute approximate surface area is 76.0 Å². The molecule has 0 saturated heterocycles. The van der Waals surface area contributed by atoms with E-state index < -0.39 is 33.9 Å². The minimum atomic E-state index is -4.45. The third-order valence-electron chi connectivity index (χ3n) is 1.37. The number of nitrogens with two attached hydrogens (primary N) is 3. The van der Waals surface area contributed by atoms with Gasteiger partial charge in [0.25, 0.3) is 10.1 Å². The first-order valence-electron chi connectivity index (χ1n) is 3.49. The number of ketones is 1. The molecule has 0 aliphatic carbocycles. The number of Topliss-reactive ketones (excluding diaryl/α,β-unsaturated/α-hetero) is 1. The lowest BCUT2D eigenvalue weighted by Crippen LogP contribution is -2.42. The summed E-state index contributed by atoms with van der Waals surface area (Å²) in [5, 5.41) is -1.62. The lowest BCUT2D eigenvalue weighted by Gasteiger charge is -2.11. The first kappa shape index (κ1) is 12.5. The first-order chi connectivity index (χ1) is 5.79. The normalized spacial score (nSPS) is 14.5. The summed E-state index contributed by atoms with van der Waals surface area (Å²) in [5.74, 6) is -0.778. The summed E-state index contributed by atoms with van der Waals surface area (Å²) < 4.78 is 29.7. The van der Waals surface area contributed by atoms with E-state index >= 15 is 0 Å². The van der Waals surface area contributed by atoms with Crippen molar-refractivity contribution in [1.29, 1.82) is 0 Å². The number of hydrogen-bond acceptors (Lipinski definition) is 6. The average molecular weight is 211 g/mol. The molecule has 0 aromatic heterocycles. The number of rotatable bonds is 5. The Balaban J connectivity index is 4.52. The van der Waals surface area contributed by atoms with Gasteiger partial charge in [0.05, 0.1) is 6.17 Å². The smallest absolute Gasteiger partial charge is 0.276 e. The maximum absolute atomic E-state index is 11.1. The summed E-state index contributed by atoms with van der Waals surface area (Å²) in [4.78, 5) is 11.1. The quantitative estimate of drug-likeness (QED) is 0.287. The number of carbonyl (C=O) groups excluding carboxylic acids is 1. The molecule has 0 saturated carbocycles. The predicted octanol–water partition coefficient (Wildman–Crippen LogP) is -2.60. The van der Waals surface area contributed by atoms with Crippen LogP contribution in [0, 0.1) is 0 Å². The van der Waals surface area contributed by atoms with Crippen molar-refractivity contribution in [3.05, 3.63) is 0 Å². The Hall–Kier alpha value is -0.540. The first-order valence-corrected chi connectivity index (χ1v) is 4.99. The zero-order chi connectivity index (χ0) is 10.6. The van der Waals surface area contributed by atoms with Gasteiger partial charge in [-0.25, -0.2) is 0 Å². The minimum Gasteiger partial charge on any atom is -0.329 e. The Kier molecular flexibility index (Phi) is 4.44. The molecule has 0 rings (SSSR count). The van der Waals surface area contributed by atoms with Crippen molar-refractivity contribution in [2.24, 2.45) is 17.2 Å². The number of carbonyl (C=O) groups is 1. The Morgan fingerprint density at radius 2 is 1.85 bits per heavy atom. The van der Waals surface area contributed by atoms with Gasteiger partial charge >= 0.3 is 0 Å². The van der Waals surface area contributed by atoms with Crippen molar-refractivity contribution in [2.45, 2.75) is 17.8 Å². The van der Waals surface area contributed by atoms with E-state index in [-0.39, 0.29) is 6.42 Å². The molecule has 78 valence electrons. The molecule has 0 bridgehead atoms. The second kappa shape index (κ2) is 4.63. The standard InChI is InChI=1S/C5H13N3O4S/c6-2-4(13(10,11)12)3(9)1-5(7)8/h4-5H,1-2,6-8H2,(H,10,11,12). The lowest BCUT2D eigenvalue weighted by molar-refractivity contribution is -0.118. The lowest BCUT2D eigenvalue weighted by atomic mass is 10.2. The van der Waals surface area contributed by atoms with Crippen molar-refractivity contribution in [2.75, 3.05) is 6.54 Å². The molecule has 8 heteroatoms. The minimum absolute atomic E-state index is 0.332. The monoisotopic (exact) mass is 211 g/mol. The zero-order valence-electron chi connectivity index (χ0n) is 6.88. The van der Waals surface area contributed by atoms with Crippen LogP contribution in [-0.2, 0) is 14.9 Å². The third-order valence-corrected chi connectivity index (χ3v) is 2.54. The van der Waals surface area contributed by atoms with Crippen LogP contribution in [0.4, 0.5) is 0 Å². The number of hydrogen-bond donors (Lipinski definition) is 4. The van der Waals surface area contributed by atoms with Crippen molar-refractivity contribution < 1.29 is 17.8 Å². The molecule has 0 aliphatic rings. The molecular formula is C5H13N3O4S. The molecular weight excluding hydrogens is 198 g/mol. The van der Waals surface area contributed by atoms with Crippen LogP contribution in [0.25, 0.3) is 0 Å². The molecule has 1 unspecified atom stereocenters. The molecule has 0 heterocycles. The average Bonchev–Trinajstić information content (AvgIpc) is 1.82. The maximum atomic E-state index is 11.1. The van der Waals surface area contributed by atoms with Crippen LogP contribution in [-0.4, -0.2) is 36.7 Å². The van der Waals surface area contributed by atoms with E-state index in [1.165, 1.54) is 0 Å². The zero-order valence-corrected chi connectivity index (χ0v) is 7.70. The van der Waals surface area contributed by atoms with Gasteiger partial charge in [-0.1, -0.05) is 0 Å². The molecule has 0 amide bonds. The second-order valence-electron chi connectivity index (χ2n) is 2.57. The van der Waals surface area contributed by atoms with Crippen LogP contribution in [0.1, 0.15) is 6.42 Å². The van der Waals surface area contributed by atoms with Crippen LogP contribution in [0.15, 0.2) is 0 Å². The molecule has 0 aliphatic heterocycles. The van der Waals surface area contributed by atoms with Crippen LogP contribution in [0.2, 0.25) is 0 Å². The van der Waals surface area contributed by atoms with E-state index in [2.05, 4.69) is 0 Å². The molecule has 7 nitrogen and oxygen atoms in total. The van der Waals surface area contributed by atoms with Gasteiger partial charge in [-0.3, -0.25) is 9.35 Å². The van der Waals surface area contributed by atoms with Crippen LogP contribution < -0.4 is 17.2 Å². The highest BCUT2D eigenvalue weighted by Crippen LogP contribution is 2.01. The van der Waals surface area contributed by atoms with Gasteiger partial charge in [0.15, 0.2) is 11.0 Å². The van der Waals surface area contributed by atoms with Gasteiger partial charge in [0.1, 0.15) is 0 Å².